The molecule has 0 fully saturated rings. The summed E-state index contributed by atoms with van der Waals surface area (Å²) in [6.45, 7) is 1.15. The first-order valence-electron chi connectivity index (χ1n) is 8.20. The minimum atomic E-state index is -0.392. The highest BCUT2D eigenvalue weighted by Gasteiger charge is 2.21. The molecule has 1 aliphatic heterocycles. The van der Waals surface area contributed by atoms with Gasteiger partial charge in [0.1, 0.15) is 17.2 Å². The molecule has 8 heteroatoms. The van der Waals surface area contributed by atoms with Crippen LogP contribution >= 0.6 is 0 Å². The van der Waals surface area contributed by atoms with Gasteiger partial charge >= 0.3 is 0 Å². The Bertz CT molecular complexity index is 997. The van der Waals surface area contributed by atoms with Crippen molar-refractivity contribution >= 4 is 11.6 Å². The summed E-state index contributed by atoms with van der Waals surface area (Å²) in [7, 11) is 3.67. The fourth-order valence-electron chi connectivity index (χ4n) is 2.99. The van der Waals surface area contributed by atoms with Crippen molar-refractivity contribution in [3.63, 3.8) is 0 Å². The Morgan fingerprint density at radius 2 is 2.08 bits per heavy atom. The fourth-order valence-corrected chi connectivity index (χ4v) is 2.99. The van der Waals surface area contributed by atoms with E-state index in [1.165, 1.54) is 6.07 Å². The molecule has 26 heavy (non-hydrogen) atoms. The minimum Gasteiger partial charge on any atom is -0.377 e. The van der Waals surface area contributed by atoms with Gasteiger partial charge in [-0.3, -0.25) is 9.48 Å². The molecule has 0 bridgehead atoms. The van der Waals surface area contributed by atoms with Gasteiger partial charge < -0.3 is 10.2 Å². The molecule has 0 spiro atoms. The van der Waals surface area contributed by atoms with Crippen molar-refractivity contribution in [3.05, 3.63) is 48.0 Å². The van der Waals surface area contributed by atoms with Crippen molar-refractivity contribution in [2.75, 3.05) is 25.5 Å². The van der Waals surface area contributed by atoms with Crippen LogP contribution in [0.5, 0.6) is 0 Å². The van der Waals surface area contributed by atoms with Gasteiger partial charge in [-0.25, -0.2) is 14.4 Å². The van der Waals surface area contributed by atoms with Crippen LogP contribution in [0, 0.1) is 5.82 Å². The zero-order valence-electron chi connectivity index (χ0n) is 14.4. The van der Waals surface area contributed by atoms with Crippen LogP contribution in [0.25, 0.3) is 22.8 Å². The van der Waals surface area contributed by atoms with Crippen LogP contribution in [0.3, 0.4) is 0 Å². The zero-order valence-corrected chi connectivity index (χ0v) is 14.4. The van der Waals surface area contributed by atoms with E-state index >= 15 is 0 Å². The normalized spacial score (nSPS) is 13.3. The van der Waals surface area contributed by atoms with Crippen LogP contribution in [-0.2, 0) is 6.54 Å². The number of carbonyl (C=O) groups excluding carboxylic acids is 1. The second-order valence-electron chi connectivity index (χ2n) is 6.19. The van der Waals surface area contributed by atoms with Gasteiger partial charge in [0.2, 0.25) is 0 Å². The lowest BCUT2D eigenvalue weighted by molar-refractivity contribution is 0.0924. The van der Waals surface area contributed by atoms with E-state index in [-0.39, 0.29) is 11.7 Å². The van der Waals surface area contributed by atoms with Crippen molar-refractivity contribution in [2.45, 2.75) is 6.54 Å². The molecule has 3 heterocycles. The summed E-state index contributed by atoms with van der Waals surface area (Å²) in [5.41, 5.74) is 2.61. The molecule has 1 amide bonds. The molecule has 1 aromatic carbocycles. The largest absolute Gasteiger partial charge is 0.377 e. The first-order chi connectivity index (χ1) is 12.5. The maximum atomic E-state index is 14.5. The van der Waals surface area contributed by atoms with Gasteiger partial charge in [-0.15, -0.1) is 0 Å². The molecule has 1 N–H and O–H groups in total. The number of hydrogen-bond acceptors (Lipinski definition) is 5. The molecule has 0 radical (unpaired) electrons. The quantitative estimate of drug-likeness (QED) is 0.780. The van der Waals surface area contributed by atoms with E-state index in [2.05, 4.69) is 20.4 Å². The number of carbonyl (C=O) groups is 1. The van der Waals surface area contributed by atoms with Crippen molar-refractivity contribution in [1.82, 2.24) is 25.1 Å². The lowest BCUT2D eigenvalue weighted by Crippen LogP contribution is -2.35. The highest BCUT2D eigenvalue weighted by molar-refractivity contribution is 5.94. The second-order valence-corrected chi connectivity index (χ2v) is 6.19. The van der Waals surface area contributed by atoms with E-state index < -0.39 is 5.82 Å². The number of anilines is 1. The molecule has 3 aromatic rings. The maximum Gasteiger partial charge on any atom is 0.269 e. The van der Waals surface area contributed by atoms with Crippen molar-refractivity contribution in [2.24, 2.45) is 0 Å². The van der Waals surface area contributed by atoms with Crippen LogP contribution in [0.15, 0.2) is 36.5 Å². The van der Waals surface area contributed by atoms with Crippen LogP contribution in [0.1, 0.15) is 10.5 Å². The van der Waals surface area contributed by atoms with Gasteiger partial charge in [-0.1, -0.05) is 6.07 Å². The minimum absolute atomic E-state index is 0.159. The molecule has 0 unspecified atom stereocenters. The summed E-state index contributed by atoms with van der Waals surface area (Å²) in [6.07, 6.45) is 1.57. The van der Waals surface area contributed by atoms with Gasteiger partial charge in [0, 0.05) is 26.8 Å². The molecule has 132 valence electrons. The summed E-state index contributed by atoms with van der Waals surface area (Å²) in [4.78, 5) is 22.5. The second kappa shape index (κ2) is 6.21. The molecule has 0 saturated carbocycles. The Hall–Kier alpha value is -3.29. The third kappa shape index (κ3) is 2.69. The van der Waals surface area contributed by atoms with E-state index in [9.17, 15) is 9.18 Å². The number of rotatable bonds is 3. The predicted molar refractivity (Wildman–Crippen MR) is 95.3 cm³/mol. The summed E-state index contributed by atoms with van der Waals surface area (Å²) in [5, 5.41) is 7.23. The third-order valence-corrected chi connectivity index (χ3v) is 4.24. The maximum absolute atomic E-state index is 14.5. The van der Waals surface area contributed by atoms with Gasteiger partial charge in [0.05, 0.1) is 23.5 Å². The number of aromatic nitrogens is 4. The Morgan fingerprint density at radius 1 is 1.23 bits per heavy atom. The molecule has 1 aliphatic rings. The first-order valence-corrected chi connectivity index (χ1v) is 8.20. The molecular weight excluding hydrogens is 335 g/mol. The van der Waals surface area contributed by atoms with Crippen LogP contribution in [0.4, 0.5) is 10.1 Å². The first kappa shape index (κ1) is 16.2. The van der Waals surface area contributed by atoms with Gasteiger partial charge in [-0.2, -0.15) is 5.10 Å². The summed E-state index contributed by atoms with van der Waals surface area (Å²) >= 11 is 0. The van der Waals surface area contributed by atoms with E-state index in [0.29, 0.717) is 41.4 Å². The summed E-state index contributed by atoms with van der Waals surface area (Å²) in [6, 6.07) is 8.24. The lowest BCUT2D eigenvalue weighted by Gasteiger charge is -2.17. The van der Waals surface area contributed by atoms with Crippen LogP contribution < -0.4 is 10.2 Å². The number of amides is 1. The number of benzene rings is 1. The zero-order chi connectivity index (χ0) is 18.3. The summed E-state index contributed by atoms with van der Waals surface area (Å²) in [5.74, 6) is -0.273. The van der Waals surface area contributed by atoms with Gasteiger partial charge in [0.25, 0.3) is 5.91 Å². The Morgan fingerprint density at radius 3 is 2.85 bits per heavy atom. The molecule has 0 aliphatic carbocycles. The molecular formula is C18H17FN6O. The smallest absolute Gasteiger partial charge is 0.269 e. The fraction of sp³-hybridized carbons (Fsp3) is 0.222. The molecule has 4 rings (SSSR count). The van der Waals surface area contributed by atoms with Crippen molar-refractivity contribution < 1.29 is 9.18 Å². The molecule has 0 atom stereocenters. The Labute approximate surface area is 149 Å². The molecule has 0 saturated heterocycles. The van der Waals surface area contributed by atoms with Gasteiger partial charge in [0.15, 0.2) is 5.82 Å². The van der Waals surface area contributed by atoms with Crippen LogP contribution in [0.2, 0.25) is 0 Å². The predicted octanol–water partition coefficient (Wildman–Crippen LogP) is 1.96. The standard InChI is InChI=1S/C18H17FN6O/c1-24(2)14-5-3-4-11(19)16(14)17-20-7-6-12(22-17)13-10-15-18(26)21-8-9-25(15)23-13/h3-7,10H,8-9H2,1-2H3,(H,21,26). The SMILES string of the molecule is CN(C)c1cccc(F)c1-c1nccc(-c2cc3n(n2)CCNC3=O)n1. The average Bonchev–Trinajstić information content (AvgIpc) is 3.07. The van der Waals surface area contributed by atoms with Gasteiger partial charge in [-0.05, 0) is 24.3 Å². The molecule has 2 aromatic heterocycles. The number of nitrogens with one attached hydrogen (secondary N) is 1. The van der Waals surface area contributed by atoms with Crippen molar-refractivity contribution in [3.8, 4) is 22.8 Å². The van der Waals surface area contributed by atoms with E-state index in [1.54, 1.807) is 29.1 Å². The highest BCUT2D eigenvalue weighted by atomic mass is 19.1. The lowest BCUT2D eigenvalue weighted by atomic mass is 10.1. The number of hydrogen-bond donors (Lipinski definition) is 1. The Balaban J connectivity index is 1.81. The van der Waals surface area contributed by atoms with Crippen molar-refractivity contribution in [1.29, 1.82) is 0 Å². The number of fused-ring (bicyclic) bond motifs is 1. The van der Waals surface area contributed by atoms with E-state index in [4.69, 9.17) is 0 Å². The molecule has 7 nitrogen and oxygen atoms in total. The van der Waals surface area contributed by atoms with Crippen LogP contribution in [-0.4, -0.2) is 46.3 Å². The monoisotopic (exact) mass is 352 g/mol. The third-order valence-electron chi connectivity index (χ3n) is 4.24. The van der Waals surface area contributed by atoms with E-state index in [1.807, 2.05) is 25.1 Å². The Kier molecular flexibility index (Phi) is 3.87. The number of halogens is 1. The average molecular weight is 352 g/mol. The number of nitrogens with zero attached hydrogens (tertiary/aromatic N) is 5. The summed E-state index contributed by atoms with van der Waals surface area (Å²) < 4.78 is 16.1. The van der Waals surface area contributed by atoms with E-state index in [0.717, 1.165) is 0 Å². The highest BCUT2D eigenvalue weighted by Crippen LogP contribution is 2.31. The topological polar surface area (TPSA) is 75.9 Å².